The van der Waals surface area contributed by atoms with E-state index in [1.165, 1.54) is 11.3 Å². The number of aromatic nitrogens is 2. The third-order valence-electron chi connectivity index (χ3n) is 4.15. The second-order valence-corrected chi connectivity index (χ2v) is 7.66. The third kappa shape index (κ3) is 3.83. The molecule has 3 heterocycles. The first-order chi connectivity index (χ1) is 13.3. The van der Waals surface area contributed by atoms with Gasteiger partial charge < -0.3 is 14.7 Å². The van der Waals surface area contributed by atoms with Gasteiger partial charge in [-0.1, -0.05) is 16.8 Å². The maximum absolute atomic E-state index is 12.6. The van der Waals surface area contributed by atoms with Crippen LogP contribution in [-0.4, -0.2) is 27.6 Å². The number of carbonyl (C=O) groups is 1. The van der Waals surface area contributed by atoms with Crippen LogP contribution in [0.15, 0.2) is 34.9 Å². The van der Waals surface area contributed by atoms with Crippen LogP contribution in [0, 0.1) is 0 Å². The zero-order valence-corrected chi connectivity index (χ0v) is 15.7. The van der Waals surface area contributed by atoms with E-state index < -0.39 is 12.1 Å². The van der Waals surface area contributed by atoms with E-state index in [2.05, 4.69) is 20.0 Å². The Bertz CT molecular complexity index is 1020. The largest absolute Gasteiger partial charge is 0.471 e. The molecule has 0 saturated carbocycles. The van der Waals surface area contributed by atoms with Crippen molar-refractivity contribution in [3.05, 3.63) is 51.7 Å². The van der Waals surface area contributed by atoms with Crippen molar-refractivity contribution in [3.8, 4) is 10.7 Å². The Morgan fingerprint density at radius 3 is 2.71 bits per heavy atom. The van der Waals surface area contributed by atoms with Crippen LogP contribution in [0.3, 0.4) is 0 Å². The summed E-state index contributed by atoms with van der Waals surface area (Å²) in [6.45, 7) is 0.839. The summed E-state index contributed by atoms with van der Waals surface area (Å²) >= 11 is 7.08. The molecule has 0 unspecified atom stereocenters. The van der Waals surface area contributed by atoms with Gasteiger partial charge in [0, 0.05) is 22.1 Å². The molecule has 0 aliphatic carbocycles. The number of hydrogen-bond acceptors (Lipinski definition) is 5. The molecule has 0 atom stereocenters. The summed E-state index contributed by atoms with van der Waals surface area (Å²) in [7, 11) is 0. The number of hydrogen-bond donors (Lipinski definition) is 1. The van der Waals surface area contributed by atoms with E-state index in [0.29, 0.717) is 35.1 Å². The standard InChI is InChI=1S/C17H12ClF3N4O2S/c18-10-1-3-11(4-2-10)22-16(26)25-6-5-9-7-12(28-13(9)8-25)14-23-15(27-24-14)17(19,20)21/h1-4,7H,5-6,8H2,(H,22,26). The van der Waals surface area contributed by atoms with Gasteiger partial charge in [0.15, 0.2) is 0 Å². The van der Waals surface area contributed by atoms with E-state index in [0.717, 1.165) is 10.4 Å². The fraction of sp³-hybridized carbons (Fsp3) is 0.235. The first-order valence-corrected chi connectivity index (χ1v) is 9.33. The lowest BCUT2D eigenvalue weighted by atomic mass is 10.1. The molecule has 4 rings (SSSR count). The number of carbonyl (C=O) groups excluding carboxylic acids is 1. The van der Waals surface area contributed by atoms with Crippen LogP contribution in [0.4, 0.5) is 23.7 Å². The van der Waals surface area contributed by atoms with E-state index in [1.54, 1.807) is 35.2 Å². The maximum atomic E-state index is 12.6. The zero-order valence-electron chi connectivity index (χ0n) is 14.1. The summed E-state index contributed by atoms with van der Waals surface area (Å²) in [6.07, 6.45) is -4.09. The van der Waals surface area contributed by atoms with Crippen LogP contribution in [0.25, 0.3) is 10.7 Å². The maximum Gasteiger partial charge on any atom is 0.471 e. The summed E-state index contributed by atoms with van der Waals surface area (Å²) in [5.74, 6) is -1.48. The number of alkyl halides is 3. The molecule has 2 aromatic heterocycles. The van der Waals surface area contributed by atoms with Crippen LogP contribution in [0.5, 0.6) is 0 Å². The van der Waals surface area contributed by atoms with Gasteiger partial charge in [-0.2, -0.15) is 18.2 Å². The number of amides is 2. The van der Waals surface area contributed by atoms with Crippen LogP contribution < -0.4 is 5.32 Å². The van der Waals surface area contributed by atoms with Gasteiger partial charge in [0.05, 0.1) is 11.4 Å². The van der Waals surface area contributed by atoms with E-state index in [4.69, 9.17) is 11.6 Å². The van der Waals surface area contributed by atoms with Crippen LogP contribution in [0.2, 0.25) is 5.02 Å². The van der Waals surface area contributed by atoms with Crippen molar-refractivity contribution in [1.82, 2.24) is 15.0 Å². The van der Waals surface area contributed by atoms with Gasteiger partial charge in [-0.05, 0) is 42.3 Å². The zero-order chi connectivity index (χ0) is 19.9. The molecule has 0 saturated heterocycles. The molecule has 0 spiro atoms. The van der Waals surface area contributed by atoms with E-state index in [9.17, 15) is 18.0 Å². The molecule has 0 fully saturated rings. The van der Waals surface area contributed by atoms with Crippen molar-refractivity contribution in [3.63, 3.8) is 0 Å². The first-order valence-electron chi connectivity index (χ1n) is 8.14. The van der Waals surface area contributed by atoms with E-state index >= 15 is 0 Å². The molecule has 0 radical (unpaired) electrons. The molecular weight excluding hydrogens is 417 g/mol. The van der Waals surface area contributed by atoms with Gasteiger partial charge in [-0.3, -0.25) is 0 Å². The van der Waals surface area contributed by atoms with Crippen molar-refractivity contribution in [1.29, 1.82) is 0 Å². The number of anilines is 1. The predicted octanol–water partition coefficient (Wildman–Crippen LogP) is 5.06. The number of urea groups is 1. The smallest absolute Gasteiger partial charge is 0.329 e. The van der Waals surface area contributed by atoms with Gasteiger partial charge in [0.25, 0.3) is 0 Å². The fourth-order valence-corrected chi connectivity index (χ4v) is 4.06. The molecule has 6 nitrogen and oxygen atoms in total. The van der Waals surface area contributed by atoms with E-state index in [-0.39, 0.29) is 11.9 Å². The number of halogens is 4. The molecule has 0 bridgehead atoms. The number of rotatable bonds is 2. The minimum Gasteiger partial charge on any atom is -0.329 e. The molecule has 2 amide bonds. The van der Waals surface area contributed by atoms with Gasteiger partial charge in [-0.25, -0.2) is 4.79 Å². The second-order valence-electron chi connectivity index (χ2n) is 6.09. The Hall–Kier alpha value is -2.59. The summed E-state index contributed by atoms with van der Waals surface area (Å²) in [6, 6.07) is 8.25. The normalized spacial score (nSPS) is 14.1. The average molecular weight is 429 g/mol. The fourth-order valence-electron chi connectivity index (χ4n) is 2.78. The topological polar surface area (TPSA) is 71.3 Å². The lowest BCUT2D eigenvalue weighted by Gasteiger charge is -2.27. The second kappa shape index (κ2) is 7.10. The number of fused-ring (bicyclic) bond motifs is 1. The van der Waals surface area contributed by atoms with Gasteiger partial charge in [0.2, 0.25) is 5.82 Å². The van der Waals surface area contributed by atoms with Crippen molar-refractivity contribution in [2.45, 2.75) is 19.1 Å². The lowest BCUT2D eigenvalue weighted by Crippen LogP contribution is -2.38. The third-order valence-corrected chi connectivity index (χ3v) is 5.56. The van der Waals surface area contributed by atoms with Crippen LogP contribution in [0.1, 0.15) is 16.3 Å². The minimum absolute atomic E-state index is 0.108. The Kier molecular flexibility index (Phi) is 4.76. The highest BCUT2D eigenvalue weighted by Crippen LogP contribution is 2.35. The van der Waals surface area contributed by atoms with Crippen LogP contribution in [-0.2, 0) is 19.1 Å². The van der Waals surface area contributed by atoms with Crippen molar-refractivity contribution < 1.29 is 22.5 Å². The Morgan fingerprint density at radius 2 is 2.04 bits per heavy atom. The highest BCUT2D eigenvalue weighted by molar-refractivity contribution is 7.15. The highest BCUT2D eigenvalue weighted by atomic mass is 35.5. The molecule has 28 heavy (non-hydrogen) atoms. The molecule has 3 aromatic rings. The Balaban J connectivity index is 1.48. The number of benzene rings is 1. The summed E-state index contributed by atoms with van der Waals surface area (Å²) in [4.78, 5) is 18.9. The molecule has 1 aliphatic heterocycles. The summed E-state index contributed by atoms with van der Waals surface area (Å²) in [5, 5.41) is 6.78. The van der Waals surface area contributed by atoms with Gasteiger partial charge >= 0.3 is 18.1 Å². The summed E-state index contributed by atoms with van der Waals surface area (Å²) < 4.78 is 42.2. The summed E-state index contributed by atoms with van der Waals surface area (Å²) in [5.41, 5.74) is 1.59. The lowest BCUT2D eigenvalue weighted by molar-refractivity contribution is -0.159. The quantitative estimate of drug-likeness (QED) is 0.619. The van der Waals surface area contributed by atoms with Gasteiger partial charge in [-0.15, -0.1) is 11.3 Å². The monoisotopic (exact) mass is 428 g/mol. The molecule has 1 aliphatic rings. The average Bonchev–Trinajstić information content (AvgIpc) is 3.29. The highest BCUT2D eigenvalue weighted by Gasteiger charge is 2.38. The number of thiophene rings is 1. The minimum atomic E-state index is -4.68. The predicted molar refractivity (Wildman–Crippen MR) is 97.2 cm³/mol. The van der Waals surface area contributed by atoms with Gasteiger partial charge in [0.1, 0.15) is 0 Å². The molecule has 11 heteroatoms. The van der Waals surface area contributed by atoms with Crippen molar-refractivity contribution >= 4 is 34.7 Å². The van der Waals surface area contributed by atoms with E-state index in [1.807, 2.05) is 0 Å². The molecule has 1 N–H and O–H groups in total. The number of nitrogens with one attached hydrogen (secondary N) is 1. The number of nitrogens with zero attached hydrogens (tertiary/aromatic N) is 3. The first kappa shape index (κ1) is 18.8. The Morgan fingerprint density at radius 1 is 1.29 bits per heavy atom. The molecule has 1 aromatic carbocycles. The Labute approximate surface area is 165 Å². The molecular formula is C17H12ClF3N4O2S. The van der Waals surface area contributed by atoms with Crippen LogP contribution >= 0.6 is 22.9 Å². The van der Waals surface area contributed by atoms with Crippen molar-refractivity contribution in [2.75, 3.05) is 11.9 Å². The van der Waals surface area contributed by atoms with Crippen molar-refractivity contribution in [2.24, 2.45) is 0 Å². The SMILES string of the molecule is O=C(Nc1ccc(Cl)cc1)N1CCc2cc(-c3noc(C(F)(F)F)n3)sc2C1. The molecule has 146 valence electrons.